The second-order valence-electron chi connectivity index (χ2n) is 7.13. The summed E-state index contributed by atoms with van der Waals surface area (Å²) in [6.45, 7) is 10.2. The number of halogens is 1. The van der Waals surface area contributed by atoms with Gasteiger partial charge in [0.25, 0.3) is 0 Å². The zero-order chi connectivity index (χ0) is 19.6. The Labute approximate surface area is 162 Å². The smallest absolute Gasteiger partial charge is 0.191 e. The summed E-state index contributed by atoms with van der Waals surface area (Å²) in [6.07, 6.45) is 0.762. The Morgan fingerprint density at radius 1 is 1.22 bits per heavy atom. The fourth-order valence-electron chi connectivity index (χ4n) is 3.07. The Morgan fingerprint density at radius 3 is 2.56 bits per heavy atom. The van der Waals surface area contributed by atoms with E-state index in [1.54, 1.807) is 19.2 Å². The van der Waals surface area contributed by atoms with E-state index in [9.17, 15) is 4.39 Å². The van der Waals surface area contributed by atoms with Gasteiger partial charge >= 0.3 is 0 Å². The quantitative estimate of drug-likeness (QED) is 0.533. The minimum absolute atomic E-state index is 0.0552. The van der Waals surface area contributed by atoms with Gasteiger partial charge in [0, 0.05) is 51.9 Å². The molecule has 0 spiro atoms. The molecule has 0 radical (unpaired) electrons. The molecule has 1 aromatic rings. The van der Waals surface area contributed by atoms with Crippen molar-refractivity contribution in [3.05, 3.63) is 30.1 Å². The molecular weight excluding hydrogens is 345 g/mol. The van der Waals surface area contributed by atoms with Crippen molar-refractivity contribution in [2.24, 2.45) is 4.99 Å². The van der Waals surface area contributed by atoms with Gasteiger partial charge in [-0.15, -0.1) is 0 Å². The molecule has 0 bridgehead atoms. The second-order valence-corrected chi connectivity index (χ2v) is 7.13. The lowest BCUT2D eigenvalue weighted by atomic mass is 10.2. The van der Waals surface area contributed by atoms with Crippen molar-refractivity contribution in [3.8, 4) is 5.75 Å². The Morgan fingerprint density at radius 2 is 1.93 bits per heavy atom. The zero-order valence-electron chi connectivity index (χ0n) is 17.0. The average molecular weight is 380 g/mol. The van der Waals surface area contributed by atoms with Crippen molar-refractivity contribution in [3.63, 3.8) is 0 Å². The van der Waals surface area contributed by atoms with E-state index in [4.69, 9.17) is 4.74 Å². The topological polar surface area (TPSA) is 52.1 Å². The van der Waals surface area contributed by atoms with Gasteiger partial charge in [0.1, 0.15) is 17.7 Å². The summed E-state index contributed by atoms with van der Waals surface area (Å²) in [5, 5.41) is 6.71. The predicted octanol–water partition coefficient (Wildman–Crippen LogP) is 1.78. The van der Waals surface area contributed by atoms with Crippen LogP contribution in [-0.2, 0) is 0 Å². The van der Waals surface area contributed by atoms with Crippen LogP contribution >= 0.6 is 0 Å². The first-order valence-corrected chi connectivity index (χ1v) is 9.81. The van der Waals surface area contributed by atoms with Crippen molar-refractivity contribution in [2.75, 3.05) is 53.4 Å². The summed E-state index contributed by atoms with van der Waals surface area (Å²) < 4.78 is 19.2. The van der Waals surface area contributed by atoms with Crippen molar-refractivity contribution >= 4 is 5.96 Å². The Balaban J connectivity index is 1.75. The largest absolute Gasteiger partial charge is 0.489 e. The normalized spacial score (nSPS) is 18.8. The number of piperazine rings is 1. The molecule has 0 amide bonds. The number of likely N-dealkylation sites (N-methyl/N-ethyl adjacent to an activating group) is 1. The van der Waals surface area contributed by atoms with Crippen molar-refractivity contribution in [2.45, 2.75) is 32.4 Å². The number of aliphatic imine (C=N–C) groups is 1. The number of hydrogen-bond donors (Lipinski definition) is 2. The van der Waals surface area contributed by atoms with Crippen molar-refractivity contribution in [1.29, 1.82) is 0 Å². The van der Waals surface area contributed by atoms with Gasteiger partial charge in [-0.2, -0.15) is 0 Å². The van der Waals surface area contributed by atoms with Crippen LogP contribution in [0.2, 0.25) is 0 Å². The number of hydrogen-bond acceptors (Lipinski definition) is 4. The first-order valence-electron chi connectivity index (χ1n) is 9.81. The van der Waals surface area contributed by atoms with Crippen LogP contribution in [0.15, 0.2) is 29.3 Å². The molecule has 2 unspecified atom stereocenters. The van der Waals surface area contributed by atoms with E-state index in [1.807, 2.05) is 0 Å². The first-order chi connectivity index (χ1) is 13.0. The number of rotatable bonds is 8. The van der Waals surface area contributed by atoms with Crippen molar-refractivity contribution < 1.29 is 9.13 Å². The zero-order valence-corrected chi connectivity index (χ0v) is 17.0. The van der Waals surface area contributed by atoms with E-state index in [0.29, 0.717) is 18.3 Å². The fourth-order valence-corrected chi connectivity index (χ4v) is 3.07. The van der Waals surface area contributed by atoms with Crippen LogP contribution < -0.4 is 15.4 Å². The molecule has 7 heteroatoms. The summed E-state index contributed by atoms with van der Waals surface area (Å²) >= 11 is 0. The van der Waals surface area contributed by atoms with Gasteiger partial charge in [0.2, 0.25) is 0 Å². The van der Waals surface area contributed by atoms with Crippen LogP contribution in [-0.4, -0.2) is 81.3 Å². The maximum Gasteiger partial charge on any atom is 0.191 e. The molecule has 1 aliphatic heterocycles. The van der Waals surface area contributed by atoms with Crippen LogP contribution in [0, 0.1) is 5.82 Å². The summed E-state index contributed by atoms with van der Waals surface area (Å²) in [4.78, 5) is 9.16. The minimum Gasteiger partial charge on any atom is -0.489 e. The number of ether oxygens (including phenoxy) is 1. The molecule has 27 heavy (non-hydrogen) atoms. The molecule has 1 heterocycles. The average Bonchev–Trinajstić information content (AvgIpc) is 2.67. The van der Waals surface area contributed by atoms with Gasteiger partial charge in [-0.3, -0.25) is 9.89 Å². The number of guanidine groups is 1. The first kappa shape index (κ1) is 21.4. The van der Waals surface area contributed by atoms with Gasteiger partial charge in [0.05, 0.1) is 6.54 Å². The molecule has 1 saturated heterocycles. The summed E-state index contributed by atoms with van der Waals surface area (Å²) in [5.74, 6) is 1.03. The van der Waals surface area contributed by atoms with Crippen LogP contribution in [0.3, 0.4) is 0 Å². The third kappa shape index (κ3) is 7.34. The highest BCUT2D eigenvalue weighted by molar-refractivity contribution is 5.79. The number of nitrogens with zero attached hydrogens (tertiary/aromatic N) is 3. The molecule has 2 N–H and O–H groups in total. The SMILES string of the molecule is CCC(CNC(=NC)NCC(C)N1CCN(C)CC1)Oc1cccc(F)c1. The fraction of sp³-hybridized carbons (Fsp3) is 0.650. The van der Waals surface area contributed by atoms with Gasteiger partial charge in [-0.25, -0.2) is 4.39 Å². The van der Waals surface area contributed by atoms with Crippen LogP contribution in [0.5, 0.6) is 5.75 Å². The van der Waals surface area contributed by atoms with E-state index in [0.717, 1.165) is 45.1 Å². The highest BCUT2D eigenvalue weighted by atomic mass is 19.1. The summed E-state index contributed by atoms with van der Waals surface area (Å²) in [7, 11) is 3.94. The Hall–Kier alpha value is -1.86. The van der Waals surface area contributed by atoms with Crippen molar-refractivity contribution in [1.82, 2.24) is 20.4 Å². The van der Waals surface area contributed by atoms with Gasteiger partial charge in [-0.05, 0) is 32.5 Å². The lowest BCUT2D eigenvalue weighted by molar-refractivity contribution is 0.120. The third-order valence-corrected chi connectivity index (χ3v) is 5.00. The minimum atomic E-state index is -0.286. The molecule has 2 rings (SSSR count). The molecule has 1 aliphatic rings. The van der Waals surface area contributed by atoms with E-state index < -0.39 is 0 Å². The standard InChI is InChI=1S/C20H34FN5O/c1-5-18(27-19-8-6-7-17(21)13-19)15-24-20(22-3)23-14-16(2)26-11-9-25(4)10-12-26/h6-8,13,16,18H,5,9-12,14-15H2,1-4H3,(H2,22,23,24). The molecule has 1 fully saturated rings. The van der Waals surface area contributed by atoms with Crippen LogP contribution in [0.1, 0.15) is 20.3 Å². The number of nitrogens with one attached hydrogen (secondary N) is 2. The molecule has 1 aromatic carbocycles. The third-order valence-electron chi connectivity index (χ3n) is 5.00. The van der Waals surface area contributed by atoms with Gasteiger partial charge < -0.3 is 20.3 Å². The predicted molar refractivity (Wildman–Crippen MR) is 109 cm³/mol. The highest BCUT2D eigenvalue weighted by Crippen LogP contribution is 2.14. The lowest BCUT2D eigenvalue weighted by Crippen LogP contribution is -2.52. The van der Waals surface area contributed by atoms with Crippen LogP contribution in [0.25, 0.3) is 0 Å². The maximum absolute atomic E-state index is 13.3. The molecular formula is C20H34FN5O. The molecule has 0 aliphatic carbocycles. The molecule has 2 atom stereocenters. The van der Waals surface area contributed by atoms with E-state index in [-0.39, 0.29) is 11.9 Å². The lowest BCUT2D eigenvalue weighted by Gasteiger charge is -2.36. The molecule has 0 aromatic heterocycles. The Bertz CT molecular complexity index is 589. The molecule has 152 valence electrons. The molecule has 6 nitrogen and oxygen atoms in total. The van der Waals surface area contributed by atoms with E-state index in [1.165, 1.54) is 12.1 Å². The van der Waals surface area contributed by atoms with Gasteiger partial charge in [0.15, 0.2) is 5.96 Å². The highest BCUT2D eigenvalue weighted by Gasteiger charge is 2.19. The van der Waals surface area contributed by atoms with Gasteiger partial charge in [-0.1, -0.05) is 13.0 Å². The van der Waals surface area contributed by atoms with E-state index >= 15 is 0 Å². The Kier molecular flexibility index (Phi) is 8.81. The number of benzene rings is 1. The summed E-state index contributed by atoms with van der Waals surface area (Å²) in [5.41, 5.74) is 0. The summed E-state index contributed by atoms with van der Waals surface area (Å²) in [6, 6.07) is 6.71. The second kappa shape index (κ2) is 11.1. The monoisotopic (exact) mass is 379 g/mol. The van der Waals surface area contributed by atoms with E-state index in [2.05, 4.69) is 46.3 Å². The molecule has 0 saturated carbocycles. The maximum atomic E-state index is 13.3. The van der Waals surface area contributed by atoms with Crippen LogP contribution in [0.4, 0.5) is 4.39 Å².